The highest BCUT2D eigenvalue weighted by atomic mass is 79.9. The van der Waals surface area contributed by atoms with E-state index in [1.807, 2.05) is 18.2 Å². The quantitative estimate of drug-likeness (QED) is 0.704. The summed E-state index contributed by atoms with van der Waals surface area (Å²) < 4.78 is 3.29. The first-order valence-electron chi connectivity index (χ1n) is 4.11. The van der Waals surface area contributed by atoms with Crippen LogP contribution in [-0.4, -0.2) is 4.57 Å². The van der Waals surface area contributed by atoms with E-state index in [1.165, 1.54) is 16.6 Å². The Bertz CT molecular complexity index is 471. The van der Waals surface area contributed by atoms with E-state index in [1.54, 1.807) is 0 Å². The molecule has 0 amide bonds. The van der Waals surface area contributed by atoms with Crippen molar-refractivity contribution in [1.29, 1.82) is 0 Å². The zero-order chi connectivity index (χ0) is 9.59. The van der Waals surface area contributed by atoms with E-state index >= 15 is 0 Å². The van der Waals surface area contributed by atoms with Crippen LogP contribution in [0.2, 0.25) is 0 Å². The zero-order valence-electron chi connectivity index (χ0n) is 7.63. The van der Waals surface area contributed by atoms with Gasteiger partial charge in [0.2, 0.25) is 0 Å². The number of rotatable bonds is 0. The van der Waals surface area contributed by atoms with E-state index in [0.717, 1.165) is 10.2 Å². The summed E-state index contributed by atoms with van der Waals surface area (Å²) in [5, 5.41) is 1.18. The molecule has 0 unspecified atom stereocenters. The lowest BCUT2D eigenvalue weighted by Gasteiger charge is -1.97. The molecule has 2 aromatic rings. The number of aromatic nitrogens is 1. The summed E-state index contributed by atoms with van der Waals surface area (Å²) >= 11 is 3.56. The predicted octanol–water partition coefficient (Wildman–Crippen LogP) is 2.83. The molecular weight excluding hydrogens is 228 g/mol. The first-order valence-corrected chi connectivity index (χ1v) is 4.90. The first-order chi connectivity index (χ1) is 6.11. The van der Waals surface area contributed by atoms with Crippen molar-refractivity contribution in [1.82, 2.24) is 4.57 Å². The van der Waals surface area contributed by atoms with E-state index in [9.17, 15) is 0 Å². The average Bonchev–Trinajstić information content (AvgIpc) is 2.32. The maximum Gasteiger partial charge on any atom is 0.0493 e. The van der Waals surface area contributed by atoms with Crippen LogP contribution in [0.15, 0.2) is 22.7 Å². The molecule has 2 N–H and O–H groups in total. The summed E-state index contributed by atoms with van der Waals surface area (Å²) in [7, 11) is 2.05. The summed E-state index contributed by atoms with van der Waals surface area (Å²) in [5.41, 5.74) is 8.96. The summed E-state index contributed by atoms with van der Waals surface area (Å²) in [5.74, 6) is 0. The largest absolute Gasteiger partial charge is 0.399 e. The van der Waals surface area contributed by atoms with Crippen molar-refractivity contribution in [2.24, 2.45) is 7.05 Å². The van der Waals surface area contributed by atoms with E-state index in [2.05, 4.69) is 34.5 Å². The average molecular weight is 239 g/mol. The minimum absolute atomic E-state index is 0.804. The molecule has 1 aromatic carbocycles. The molecule has 68 valence electrons. The van der Waals surface area contributed by atoms with Crippen LogP contribution in [0.5, 0.6) is 0 Å². The Labute approximate surface area is 85.5 Å². The van der Waals surface area contributed by atoms with E-state index in [-0.39, 0.29) is 0 Å². The third kappa shape index (κ3) is 1.15. The molecule has 3 heteroatoms. The summed E-state index contributed by atoms with van der Waals surface area (Å²) in [6.07, 6.45) is 0. The third-order valence-electron chi connectivity index (χ3n) is 2.44. The van der Waals surface area contributed by atoms with Crippen molar-refractivity contribution in [3.8, 4) is 0 Å². The van der Waals surface area contributed by atoms with E-state index in [0.29, 0.717) is 0 Å². The molecule has 0 aliphatic carbocycles. The molecule has 0 aliphatic heterocycles. The minimum Gasteiger partial charge on any atom is -0.399 e. The van der Waals surface area contributed by atoms with Gasteiger partial charge in [0.25, 0.3) is 0 Å². The van der Waals surface area contributed by atoms with Crippen LogP contribution in [-0.2, 0) is 7.05 Å². The van der Waals surface area contributed by atoms with Crippen LogP contribution in [0.25, 0.3) is 10.9 Å². The van der Waals surface area contributed by atoms with Crippen molar-refractivity contribution in [3.05, 3.63) is 28.4 Å². The van der Waals surface area contributed by atoms with Gasteiger partial charge in [0, 0.05) is 33.8 Å². The van der Waals surface area contributed by atoms with Gasteiger partial charge >= 0.3 is 0 Å². The number of fused-ring (bicyclic) bond motifs is 1. The Morgan fingerprint density at radius 1 is 1.38 bits per heavy atom. The predicted molar refractivity (Wildman–Crippen MR) is 59.8 cm³/mol. The molecule has 0 saturated carbocycles. The van der Waals surface area contributed by atoms with Crippen molar-refractivity contribution in [3.63, 3.8) is 0 Å². The van der Waals surface area contributed by atoms with Gasteiger partial charge in [-0.25, -0.2) is 0 Å². The Kier molecular flexibility index (Phi) is 1.84. The van der Waals surface area contributed by atoms with Gasteiger partial charge < -0.3 is 10.3 Å². The minimum atomic E-state index is 0.804. The number of nitrogens with two attached hydrogens (primary N) is 1. The first kappa shape index (κ1) is 8.63. The molecule has 0 aliphatic rings. The number of halogens is 1. The Morgan fingerprint density at radius 3 is 2.77 bits per heavy atom. The number of hydrogen-bond acceptors (Lipinski definition) is 1. The fourth-order valence-corrected chi connectivity index (χ4v) is 2.13. The van der Waals surface area contributed by atoms with Gasteiger partial charge in [-0.1, -0.05) is 0 Å². The van der Waals surface area contributed by atoms with Gasteiger partial charge in [0.15, 0.2) is 0 Å². The van der Waals surface area contributed by atoms with Crippen LogP contribution in [0, 0.1) is 6.92 Å². The lowest BCUT2D eigenvalue weighted by Crippen LogP contribution is -1.89. The fourth-order valence-electron chi connectivity index (χ4n) is 1.54. The SMILES string of the molecule is Cc1c(Br)c2cc(N)ccc2n1C. The summed E-state index contributed by atoms with van der Waals surface area (Å²) in [4.78, 5) is 0. The second kappa shape index (κ2) is 2.77. The number of aryl methyl sites for hydroxylation is 1. The van der Waals surface area contributed by atoms with Crippen molar-refractivity contribution < 1.29 is 0 Å². The number of nitrogen functional groups attached to an aromatic ring is 1. The molecule has 1 heterocycles. The molecule has 0 radical (unpaired) electrons. The Morgan fingerprint density at radius 2 is 2.08 bits per heavy atom. The fraction of sp³-hybridized carbons (Fsp3) is 0.200. The highest BCUT2D eigenvalue weighted by Gasteiger charge is 2.08. The molecule has 1 aromatic heterocycles. The van der Waals surface area contributed by atoms with E-state index in [4.69, 9.17) is 5.73 Å². The van der Waals surface area contributed by atoms with E-state index < -0.39 is 0 Å². The van der Waals surface area contributed by atoms with Gasteiger partial charge in [-0.05, 0) is 41.1 Å². The van der Waals surface area contributed by atoms with Crippen LogP contribution >= 0.6 is 15.9 Å². The van der Waals surface area contributed by atoms with Crippen LogP contribution in [0.4, 0.5) is 5.69 Å². The normalized spacial score (nSPS) is 11.0. The number of nitrogens with zero attached hydrogens (tertiary/aromatic N) is 1. The Balaban J connectivity index is 2.95. The van der Waals surface area contributed by atoms with Crippen LogP contribution in [0.1, 0.15) is 5.69 Å². The summed E-state index contributed by atoms with van der Waals surface area (Å²) in [6, 6.07) is 5.96. The van der Waals surface area contributed by atoms with Crippen LogP contribution in [0.3, 0.4) is 0 Å². The lowest BCUT2D eigenvalue weighted by molar-refractivity contribution is 0.914. The van der Waals surface area contributed by atoms with Crippen molar-refractivity contribution in [2.45, 2.75) is 6.92 Å². The molecule has 2 nitrogen and oxygen atoms in total. The number of anilines is 1. The van der Waals surface area contributed by atoms with Crippen LogP contribution < -0.4 is 5.73 Å². The maximum absolute atomic E-state index is 5.72. The molecule has 0 saturated heterocycles. The van der Waals surface area contributed by atoms with Crippen molar-refractivity contribution >= 4 is 32.5 Å². The maximum atomic E-state index is 5.72. The van der Waals surface area contributed by atoms with Crippen molar-refractivity contribution in [2.75, 3.05) is 5.73 Å². The Hall–Kier alpha value is -0.960. The van der Waals surface area contributed by atoms with Gasteiger partial charge in [-0.15, -0.1) is 0 Å². The van der Waals surface area contributed by atoms with Gasteiger partial charge in [0.05, 0.1) is 0 Å². The lowest BCUT2D eigenvalue weighted by atomic mass is 10.2. The monoisotopic (exact) mass is 238 g/mol. The number of benzene rings is 1. The smallest absolute Gasteiger partial charge is 0.0493 e. The molecule has 0 fully saturated rings. The molecule has 0 spiro atoms. The standard InChI is InChI=1S/C10H11BrN2/c1-6-10(11)8-5-7(12)3-4-9(8)13(6)2/h3-5H,12H2,1-2H3. The number of hydrogen-bond donors (Lipinski definition) is 1. The third-order valence-corrected chi connectivity index (χ3v) is 3.44. The second-order valence-corrected chi connectivity index (χ2v) is 4.03. The molecule has 0 atom stereocenters. The molecular formula is C10H11BrN2. The van der Waals surface area contributed by atoms with Gasteiger partial charge in [0.1, 0.15) is 0 Å². The highest BCUT2D eigenvalue weighted by Crippen LogP contribution is 2.30. The molecule has 2 rings (SSSR count). The molecule has 13 heavy (non-hydrogen) atoms. The highest BCUT2D eigenvalue weighted by molar-refractivity contribution is 9.10. The van der Waals surface area contributed by atoms with Gasteiger partial charge in [-0.3, -0.25) is 0 Å². The second-order valence-electron chi connectivity index (χ2n) is 3.23. The molecule has 0 bridgehead atoms. The zero-order valence-corrected chi connectivity index (χ0v) is 9.22. The summed E-state index contributed by atoms with van der Waals surface area (Å²) in [6.45, 7) is 2.08. The van der Waals surface area contributed by atoms with Gasteiger partial charge in [-0.2, -0.15) is 0 Å². The topological polar surface area (TPSA) is 30.9 Å².